The van der Waals surface area contributed by atoms with Gasteiger partial charge in [0.1, 0.15) is 11.5 Å². The van der Waals surface area contributed by atoms with Crippen molar-refractivity contribution in [2.45, 2.75) is 0 Å². The van der Waals surface area contributed by atoms with Crippen LogP contribution in [0.2, 0.25) is 5.02 Å². The third kappa shape index (κ3) is 3.27. The molecule has 0 atom stereocenters. The first-order valence-corrected chi connectivity index (χ1v) is 5.48. The Morgan fingerprint density at radius 2 is 1.76 bits per heavy atom. The largest absolute Gasteiger partial charge is 0.457 e. The normalized spacial score (nSPS) is 9.65. The number of hydrogen-bond acceptors (Lipinski definition) is 1. The predicted molar refractivity (Wildman–Crippen MR) is 70.2 cm³/mol. The minimum atomic E-state index is 0.647. The number of terminal acetylenes is 1. The van der Waals surface area contributed by atoms with Crippen molar-refractivity contribution >= 4 is 11.6 Å². The Bertz CT molecular complexity index is 555. The summed E-state index contributed by atoms with van der Waals surface area (Å²) >= 11 is 5.88. The maximum absolute atomic E-state index is 5.88. The van der Waals surface area contributed by atoms with Crippen molar-refractivity contribution in [1.82, 2.24) is 0 Å². The van der Waals surface area contributed by atoms with Crippen LogP contribution in [-0.2, 0) is 0 Å². The summed E-state index contributed by atoms with van der Waals surface area (Å²) in [5, 5.41) is 0.647. The van der Waals surface area contributed by atoms with E-state index in [9.17, 15) is 0 Å². The molecule has 0 aliphatic carbocycles. The second-order valence-corrected chi connectivity index (χ2v) is 3.88. The van der Waals surface area contributed by atoms with Crippen molar-refractivity contribution in [1.29, 1.82) is 0 Å². The van der Waals surface area contributed by atoms with Gasteiger partial charge >= 0.3 is 0 Å². The van der Waals surface area contributed by atoms with Crippen molar-refractivity contribution < 1.29 is 4.74 Å². The predicted octanol–water partition coefficient (Wildman–Crippen LogP) is 4.32. The maximum atomic E-state index is 5.88. The van der Waals surface area contributed by atoms with Gasteiger partial charge in [-0.3, -0.25) is 0 Å². The Hall–Kier alpha value is -1.91. The van der Waals surface area contributed by atoms with Gasteiger partial charge in [-0.25, -0.2) is 0 Å². The molecule has 1 radical (unpaired) electrons. The average molecular weight is 242 g/mol. The van der Waals surface area contributed by atoms with Crippen LogP contribution in [0.3, 0.4) is 0 Å². The lowest BCUT2D eigenvalue weighted by atomic mass is 10.1. The minimum absolute atomic E-state index is 0.647. The van der Waals surface area contributed by atoms with Crippen molar-refractivity contribution in [2.24, 2.45) is 0 Å². The molecule has 0 aromatic heterocycles. The van der Waals surface area contributed by atoms with Gasteiger partial charge in [0, 0.05) is 5.02 Å². The Morgan fingerprint density at radius 3 is 2.47 bits per heavy atom. The van der Waals surface area contributed by atoms with Gasteiger partial charge in [0.05, 0.1) is 6.42 Å². The van der Waals surface area contributed by atoms with E-state index in [1.807, 2.05) is 36.4 Å². The number of benzene rings is 2. The van der Waals surface area contributed by atoms with Crippen LogP contribution in [0, 0.1) is 18.8 Å². The molecule has 0 spiro atoms. The number of hydrogen-bond donors (Lipinski definition) is 0. The number of halogens is 1. The zero-order valence-electron chi connectivity index (χ0n) is 9.06. The molecule has 17 heavy (non-hydrogen) atoms. The smallest absolute Gasteiger partial charge is 0.128 e. The van der Waals surface area contributed by atoms with Crippen molar-refractivity contribution in [3.05, 3.63) is 65.5 Å². The highest BCUT2D eigenvalue weighted by molar-refractivity contribution is 6.30. The minimum Gasteiger partial charge on any atom is -0.457 e. The fourth-order valence-electron chi connectivity index (χ4n) is 1.43. The van der Waals surface area contributed by atoms with Crippen LogP contribution in [0.15, 0.2) is 48.5 Å². The Kier molecular flexibility index (Phi) is 3.69. The first-order chi connectivity index (χ1) is 8.28. The highest BCUT2D eigenvalue weighted by Gasteiger charge is 1.99. The molecule has 2 aromatic carbocycles. The fraction of sp³-hybridized carbons (Fsp3) is 0. The molecule has 0 aliphatic rings. The molecule has 2 aromatic rings. The van der Waals surface area contributed by atoms with Crippen LogP contribution in [0.1, 0.15) is 5.56 Å². The summed E-state index contributed by atoms with van der Waals surface area (Å²) in [6, 6.07) is 14.8. The van der Waals surface area contributed by atoms with Gasteiger partial charge in [-0.2, -0.15) is 0 Å². The van der Waals surface area contributed by atoms with E-state index in [1.165, 1.54) is 0 Å². The van der Waals surface area contributed by atoms with E-state index in [4.69, 9.17) is 22.8 Å². The van der Waals surface area contributed by atoms with Crippen LogP contribution in [0.4, 0.5) is 0 Å². The molecule has 0 unspecified atom stereocenters. The second kappa shape index (κ2) is 5.43. The molecule has 0 bridgehead atoms. The van der Waals surface area contributed by atoms with E-state index in [0.29, 0.717) is 10.8 Å². The second-order valence-electron chi connectivity index (χ2n) is 3.44. The average Bonchev–Trinajstić information content (AvgIpc) is 2.30. The summed E-state index contributed by atoms with van der Waals surface area (Å²) in [5.74, 6) is 3.92. The molecule has 0 amide bonds. The van der Waals surface area contributed by atoms with Crippen molar-refractivity contribution in [2.75, 3.05) is 0 Å². The van der Waals surface area contributed by atoms with Gasteiger partial charge in [-0.05, 0) is 35.9 Å². The first-order valence-electron chi connectivity index (χ1n) is 5.11. The monoisotopic (exact) mass is 241 g/mol. The van der Waals surface area contributed by atoms with Crippen LogP contribution in [0.5, 0.6) is 11.5 Å². The van der Waals surface area contributed by atoms with Gasteiger partial charge in [-0.1, -0.05) is 35.7 Å². The molecule has 0 fully saturated rings. The Balaban J connectivity index is 2.19. The van der Waals surface area contributed by atoms with Crippen LogP contribution in [-0.4, -0.2) is 0 Å². The van der Waals surface area contributed by atoms with Gasteiger partial charge in [0.25, 0.3) is 0 Å². The fourth-order valence-corrected chi connectivity index (χ4v) is 1.61. The van der Waals surface area contributed by atoms with E-state index in [2.05, 4.69) is 5.92 Å². The van der Waals surface area contributed by atoms with E-state index in [-0.39, 0.29) is 0 Å². The van der Waals surface area contributed by atoms with Crippen LogP contribution < -0.4 is 4.74 Å². The van der Waals surface area contributed by atoms with E-state index >= 15 is 0 Å². The highest BCUT2D eigenvalue weighted by atomic mass is 35.5. The third-order valence-electron chi connectivity index (χ3n) is 2.14. The van der Waals surface area contributed by atoms with Crippen LogP contribution >= 0.6 is 11.6 Å². The highest BCUT2D eigenvalue weighted by Crippen LogP contribution is 2.24. The first kappa shape index (κ1) is 11.6. The third-order valence-corrected chi connectivity index (χ3v) is 2.37. The zero-order chi connectivity index (χ0) is 12.1. The van der Waals surface area contributed by atoms with Crippen molar-refractivity contribution in [3.63, 3.8) is 0 Å². The molecule has 0 heterocycles. The SMILES string of the molecule is C#C[CH]c1cccc(Oc2cccc(Cl)c2)c1. The summed E-state index contributed by atoms with van der Waals surface area (Å²) in [6.45, 7) is 0. The lowest BCUT2D eigenvalue weighted by Gasteiger charge is -2.06. The lowest BCUT2D eigenvalue weighted by molar-refractivity contribution is 0.482. The topological polar surface area (TPSA) is 9.23 Å². The molecule has 83 valence electrons. The van der Waals surface area contributed by atoms with Crippen LogP contribution in [0.25, 0.3) is 0 Å². The van der Waals surface area contributed by atoms with Gasteiger partial charge in [0.2, 0.25) is 0 Å². The summed E-state index contributed by atoms with van der Waals surface area (Å²) in [6.07, 6.45) is 6.90. The van der Waals surface area contributed by atoms with Crippen molar-refractivity contribution in [3.8, 4) is 23.8 Å². The molecule has 0 N–H and O–H groups in total. The number of rotatable bonds is 3. The maximum Gasteiger partial charge on any atom is 0.128 e. The molecular formula is C15H10ClO. The van der Waals surface area contributed by atoms with Gasteiger partial charge in [0.15, 0.2) is 0 Å². The zero-order valence-corrected chi connectivity index (χ0v) is 9.82. The molecule has 2 heteroatoms. The summed E-state index contributed by atoms with van der Waals surface area (Å²) in [4.78, 5) is 0. The van der Waals surface area contributed by atoms with Gasteiger partial charge < -0.3 is 4.74 Å². The number of ether oxygens (including phenoxy) is 1. The Labute approximate surface area is 106 Å². The molecule has 0 saturated heterocycles. The standard InChI is InChI=1S/C15H10ClO/c1-2-5-12-6-3-8-14(10-12)17-15-9-4-7-13(16)11-15/h1,3-11H. The van der Waals surface area contributed by atoms with Gasteiger partial charge in [-0.15, -0.1) is 6.42 Å². The molecule has 1 nitrogen and oxygen atoms in total. The van der Waals surface area contributed by atoms with E-state index in [1.54, 1.807) is 18.6 Å². The Morgan fingerprint density at radius 1 is 1.06 bits per heavy atom. The molecule has 0 aliphatic heterocycles. The quantitative estimate of drug-likeness (QED) is 0.728. The van der Waals surface area contributed by atoms with E-state index in [0.717, 1.165) is 11.3 Å². The summed E-state index contributed by atoms with van der Waals surface area (Å²) in [5.41, 5.74) is 0.937. The summed E-state index contributed by atoms with van der Waals surface area (Å²) in [7, 11) is 0. The lowest BCUT2D eigenvalue weighted by Crippen LogP contribution is -1.85. The molecular weight excluding hydrogens is 232 g/mol. The van der Waals surface area contributed by atoms with E-state index < -0.39 is 0 Å². The molecule has 0 saturated carbocycles. The summed E-state index contributed by atoms with van der Waals surface area (Å²) < 4.78 is 5.67. The molecule has 2 rings (SSSR count).